The van der Waals surface area contributed by atoms with E-state index in [1.165, 1.54) is 0 Å². The second-order valence-corrected chi connectivity index (χ2v) is 9.02. The number of rotatable bonds is 11. The molecule has 1 N–H and O–H groups in total. The number of hydrogen-bond donors (Lipinski definition) is 1. The standard InChI is InChI=1S/C25H34N5O2/c1-6-18-16-21(19-10-12-20(13-11-19)30(4)5)22(31)17-23(18)32-15-9-7-8-14-25(2,3)24-26-28-29-27-24/h10-13,16-17H,6-9,14-15H2,1-5H3,(H-,26,27,28,29,31)/q-1. The number of nitrogens with zero attached hydrogens (tertiary/aromatic N) is 5. The van der Waals surface area contributed by atoms with Gasteiger partial charge in [-0.25, -0.2) is 0 Å². The molecule has 1 aromatic heterocycles. The van der Waals surface area contributed by atoms with Gasteiger partial charge in [0.15, 0.2) is 0 Å². The van der Waals surface area contributed by atoms with Gasteiger partial charge in [0.1, 0.15) is 11.5 Å². The van der Waals surface area contributed by atoms with Gasteiger partial charge >= 0.3 is 0 Å². The fraction of sp³-hybridized carbons (Fsp3) is 0.480. The van der Waals surface area contributed by atoms with E-state index in [-0.39, 0.29) is 11.2 Å². The van der Waals surface area contributed by atoms with Crippen LogP contribution in [0.5, 0.6) is 11.5 Å². The van der Waals surface area contributed by atoms with Crippen molar-refractivity contribution in [1.29, 1.82) is 0 Å². The molecule has 32 heavy (non-hydrogen) atoms. The van der Waals surface area contributed by atoms with Crippen LogP contribution in [-0.4, -0.2) is 41.3 Å². The first-order chi connectivity index (χ1) is 15.3. The number of aryl methyl sites for hydroxylation is 1. The Morgan fingerprint density at radius 2 is 1.81 bits per heavy atom. The largest absolute Gasteiger partial charge is 0.507 e. The number of aromatic nitrogens is 4. The Kier molecular flexibility index (Phi) is 7.72. The Labute approximate surface area is 190 Å². The normalized spacial score (nSPS) is 11.5. The molecule has 0 fully saturated rings. The maximum Gasteiger partial charge on any atom is 0.127 e. The number of unbranched alkanes of at least 4 members (excludes halogenated alkanes) is 2. The third-order valence-electron chi connectivity index (χ3n) is 5.88. The Bertz CT molecular complexity index is 982. The molecular weight excluding hydrogens is 402 g/mol. The van der Waals surface area contributed by atoms with Crippen LogP contribution in [-0.2, 0) is 11.8 Å². The van der Waals surface area contributed by atoms with Gasteiger partial charge in [0.25, 0.3) is 0 Å². The van der Waals surface area contributed by atoms with E-state index in [0.717, 1.165) is 60.2 Å². The third-order valence-corrected chi connectivity index (χ3v) is 5.88. The summed E-state index contributed by atoms with van der Waals surface area (Å²) < 4.78 is 6.04. The summed E-state index contributed by atoms with van der Waals surface area (Å²) in [6, 6.07) is 12.0. The molecule has 0 unspecified atom stereocenters. The van der Waals surface area contributed by atoms with Crippen molar-refractivity contribution < 1.29 is 9.84 Å². The predicted octanol–water partition coefficient (Wildman–Crippen LogP) is 4.75. The lowest BCUT2D eigenvalue weighted by molar-refractivity contribution is 0.296. The summed E-state index contributed by atoms with van der Waals surface area (Å²) >= 11 is 0. The molecule has 0 aliphatic heterocycles. The Morgan fingerprint density at radius 3 is 2.44 bits per heavy atom. The molecule has 0 aliphatic carbocycles. The summed E-state index contributed by atoms with van der Waals surface area (Å²) in [4.78, 5) is 2.06. The van der Waals surface area contributed by atoms with Crippen molar-refractivity contribution in [2.24, 2.45) is 0 Å². The van der Waals surface area contributed by atoms with Gasteiger partial charge < -0.3 is 19.8 Å². The Balaban J connectivity index is 1.55. The summed E-state index contributed by atoms with van der Waals surface area (Å²) in [5.74, 6) is 1.71. The minimum Gasteiger partial charge on any atom is -0.507 e. The second-order valence-electron chi connectivity index (χ2n) is 9.02. The van der Waals surface area contributed by atoms with E-state index in [0.29, 0.717) is 12.4 Å². The average Bonchev–Trinajstić information content (AvgIpc) is 3.32. The molecule has 7 nitrogen and oxygen atoms in total. The van der Waals surface area contributed by atoms with Gasteiger partial charge in [0, 0.05) is 37.2 Å². The molecule has 0 saturated heterocycles. The van der Waals surface area contributed by atoms with Gasteiger partial charge in [-0.3, -0.25) is 10.3 Å². The van der Waals surface area contributed by atoms with Crippen LogP contribution in [0.2, 0.25) is 0 Å². The molecule has 0 atom stereocenters. The zero-order valence-corrected chi connectivity index (χ0v) is 19.8. The Hall–Kier alpha value is -3.09. The predicted molar refractivity (Wildman–Crippen MR) is 127 cm³/mol. The molecule has 0 bridgehead atoms. The van der Waals surface area contributed by atoms with Gasteiger partial charge in [0.05, 0.1) is 6.61 Å². The summed E-state index contributed by atoms with van der Waals surface area (Å²) in [5.41, 5.74) is 3.94. The van der Waals surface area contributed by atoms with E-state index in [2.05, 4.69) is 58.4 Å². The molecule has 0 spiro atoms. The molecule has 3 rings (SSSR count). The fourth-order valence-corrected chi connectivity index (χ4v) is 3.75. The number of phenolic OH excluding ortho intramolecular Hbond substituents is 1. The van der Waals surface area contributed by atoms with Crippen LogP contribution in [0, 0.1) is 0 Å². The van der Waals surface area contributed by atoms with Crippen molar-refractivity contribution in [3.05, 3.63) is 47.8 Å². The number of aromatic hydroxyl groups is 1. The lowest BCUT2D eigenvalue weighted by atomic mass is 9.86. The van der Waals surface area contributed by atoms with E-state index < -0.39 is 0 Å². The summed E-state index contributed by atoms with van der Waals surface area (Å²) in [7, 11) is 4.03. The van der Waals surface area contributed by atoms with Crippen molar-refractivity contribution in [2.45, 2.75) is 58.3 Å². The van der Waals surface area contributed by atoms with E-state index in [9.17, 15) is 5.11 Å². The minimum absolute atomic E-state index is 0.119. The van der Waals surface area contributed by atoms with Crippen LogP contribution in [0.15, 0.2) is 36.4 Å². The van der Waals surface area contributed by atoms with Crippen LogP contribution >= 0.6 is 0 Å². The molecule has 172 valence electrons. The number of ether oxygens (including phenoxy) is 1. The van der Waals surface area contributed by atoms with Gasteiger partial charge in [-0.05, 0) is 54.0 Å². The number of anilines is 1. The smallest absolute Gasteiger partial charge is 0.127 e. The highest BCUT2D eigenvalue weighted by Gasteiger charge is 2.19. The molecule has 0 saturated carbocycles. The van der Waals surface area contributed by atoms with E-state index >= 15 is 0 Å². The second kappa shape index (κ2) is 10.5. The number of phenols is 1. The SMILES string of the molecule is CCc1cc(-c2ccc(N(C)C)cc2)c(O)cc1OCCCCCC(C)(C)c1nnn[n-]1. The van der Waals surface area contributed by atoms with Crippen LogP contribution < -0.4 is 14.7 Å². The van der Waals surface area contributed by atoms with Gasteiger partial charge in [0.2, 0.25) is 0 Å². The van der Waals surface area contributed by atoms with Crippen LogP contribution in [0.1, 0.15) is 57.8 Å². The molecule has 3 aromatic rings. The van der Waals surface area contributed by atoms with Crippen molar-refractivity contribution in [3.63, 3.8) is 0 Å². The van der Waals surface area contributed by atoms with E-state index in [1.807, 2.05) is 32.3 Å². The van der Waals surface area contributed by atoms with Crippen molar-refractivity contribution >= 4 is 5.69 Å². The molecule has 7 heteroatoms. The summed E-state index contributed by atoms with van der Waals surface area (Å²) in [5, 5.41) is 25.8. The molecule has 0 radical (unpaired) electrons. The lowest BCUT2D eigenvalue weighted by Crippen LogP contribution is -2.20. The van der Waals surface area contributed by atoms with Gasteiger partial charge in [-0.2, -0.15) is 5.21 Å². The van der Waals surface area contributed by atoms with Crippen molar-refractivity contribution in [1.82, 2.24) is 20.6 Å². The van der Waals surface area contributed by atoms with Gasteiger partial charge in [-0.15, -0.1) is 0 Å². The lowest BCUT2D eigenvalue weighted by Gasteiger charge is -2.24. The molecule has 0 aliphatic rings. The van der Waals surface area contributed by atoms with Crippen LogP contribution in [0.4, 0.5) is 5.69 Å². The molecule has 2 aromatic carbocycles. The number of hydrogen-bond acceptors (Lipinski definition) is 6. The molecular formula is C25H34N5O2-. The summed E-state index contributed by atoms with van der Waals surface area (Å²) in [6.45, 7) is 6.97. The van der Waals surface area contributed by atoms with Crippen LogP contribution in [0.3, 0.4) is 0 Å². The quantitative estimate of drug-likeness (QED) is 0.434. The third kappa shape index (κ3) is 5.78. The molecule has 0 amide bonds. The highest BCUT2D eigenvalue weighted by Crippen LogP contribution is 2.36. The highest BCUT2D eigenvalue weighted by molar-refractivity contribution is 5.74. The van der Waals surface area contributed by atoms with Crippen LogP contribution in [0.25, 0.3) is 11.1 Å². The summed E-state index contributed by atoms with van der Waals surface area (Å²) in [6.07, 6.45) is 4.87. The topological polar surface area (TPSA) is 85.5 Å². The number of benzene rings is 2. The van der Waals surface area contributed by atoms with Crippen molar-refractivity contribution in [2.75, 3.05) is 25.6 Å². The first-order valence-electron chi connectivity index (χ1n) is 11.3. The average molecular weight is 437 g/mol. The maximum atomic E-state index is 10.7. The number of tetrazole rings is 1. The van der Waals surface area contributed by atoms with E-state index in [1.54, 1.807) is 6.07 Å². The fourth-order valence-electron chi connectivity index (χ4n) is 3.75. The zero-order valence-electron chi connectivity index (χ0n) is 19.8. The first-order valence-corrected chi connectivity index (χ1v) is 11.3. The highest BCUT2D eigenvalue weighted by atomic mass is 16.5. The minimum atomic E-state index is -0.119. The molecule has 1 heterocycles. The zero-order chi connectivity index (χ0) is 23.1. The Morgan fingerprint density at radius 1 is 1.06 bits per heavy atom. The van der Waals surface area contributed by atoms with Crippen molar-refractivity contribution in [3.8, 4) is 22.6 Å². The monoisotopic (exact) mass is 436 g/mol. The van der Waals surface area contributed by atoms with Gasteiger partial charge in [-0.1, -0.05) is 45.7 Å². The van der Waals surface area contributed by atoms with E-state index in [4.69, 9.17) is 4.74 Å². The first kappa shape index (κ1) is 23.6. The maximum absolute atomic E-state index is 10.7.